The molecule has 2 N–H and O–H groups in total. The van der Waals surface area contributed by atoms with Crippen molar-refractivity contribution in [3.8, 4) is 11.5 Å². The minimum absolute atomic E-state index is 0.0449. The molecule has 6 heteroatoms. The van der Waals surface area contributed by atoms with Gasteiger partial charge in [-0.1, -0.05) is 12.1 Å². The van der Waals surface area contributed by atoms with Crippen molar-refractivity contribution in [1.29, 1.82) is 0 Å². The van der Waals surface area contributed by atoms with Crippen LogP contribution >= 0.6 is 0 Å². The summed E-state index contributed by atoms with van der Waals surface area (Å²) in [5.41, 5.74) is 0.743. The highest BCUT2D eigenvalue weighted by Gasteiger charge is 2.20. The Labute approximate surface area is 133 Å². The Balaban J connectivity index is 1.99. The van der Waals surface area contributed by atoms with Gasteiger partial charge in [0.15, 0.2) is 6.10 Å². The number of carbonyl (C=O) groups is 2. The number of aromatic hydroxyl groups is 1. The molecular formula is C17H17NO5. The molecule has 2 aromatic carbocycles. The number of phenols is 1. The maximum atomic E-state index is 12.1. The standard InChI is InChI=1S/C17H17NO5/c1-11(23-17(21)12-7-9-13(19)10-8-12)16(20)18-14-5-3-4-6-15(14)22-2/h3-11,19H,1-2H3,(H,18,20)/t11-/m0/s1. The number of rotatable bonds is 5. The SMILES string of the molecule is COc1ccccc1NC(=O)[C@H](C)OC(=O)c1ccc(O)cc1. The highest BCUT2D eigenvalue weighted by Crippen LogP contribution is 2.23. The van der Waals surface area contributed by atoms with Crippen LogP contribution in [0.1, 0.15) is 17.3 Å². The van der Waals surface area contributed by atoms with E-state index in [0.717, 1.165) is 0 Å². The van der Waals surface area contributed by atoms with E-state index in [4.69, 9.17) is 9.47 Å². The van der Waals surface area contributed by atoms with Gasteiger partial charge in [0.25, 0.3) is 5.91 Å². The summed E-state index contributed by atoms with van der Waals surface area (Å²) in [6.07, 6.45) is -0.985. The quantitative estimate of drug-likeness (QED) is 0.828. The molecule has 0 bridgehead atoms. The number of para-hydroxylation sites is 2. The summed E-state index contributed by atoms with van der Waals surface area (Å²) in [6, 6.07) is 12.5. The van der Waals surface area contributed by atoms with Gasteiger partial charge in [0.1, 0.15) is 11.5 Å². The monoisotopic (exact) mass is 315 g/mol. The van der Waals surface area contributed by atoms with Crippen LogP contribution in [0.25, 0.3) is 0 Å². The van der Waals surface area contributed by atoms with Crippen LogP contribution in [0.15, 0.2) is 48.5 Å². The number of phenolic OH excluding ortho intramolecular Hbond substituents is 1. The van der Waals surface area contributed by atoms with Crippen LogP contribution in [-0.4, -0.2) is 30.2 Å². The van der Waals surface area contributed by atoms with Gasteiger partial charge in [0, 0.05) is 0 Å². The molecule has 23 heavy (non-hydrogen) atoms. The smallest absolute Gasteiger partial charge is 0.338 e. The van der Waals surface area contributed by atoms with Crippen LogP contribution in [0.4, 0.5) is 5.69 Å². The van der Waals surface area contributed by atoms with Gasteiger partial charge in [-0.25, -0.2) is 4.79 Å². The number of hydrogen-bond donors (Lipinski definition) is 2. The third-order valence-corrected chi connectivity index (χ3v) is 3.12. The minimum Gasteiger partial charge on any atom is -0.508 e. The number of nitrogens with one attached hydrogen (secondary N) is 1. The number of ether oxygens (including phenoxy) is 2. The van der Waals surface area contributed by atoms with E-state index in [1.54, 1.807) is 24.3 Å². The Morgan fingerprint density at radius 1 is 1.09 bits per heavy atom. The zero-order valence-corrected chi connectivity index (χ0v) is 12.8. The number of anilines is 1. The van der Waals surface area contributed by atoms with E-state index in [0.29, 0.717) is 11.4 Å². The van der Waals surface area contributed by atoms with E-state index in [2.05, 4.69) is 5.32 Å². The number of methoxy groups -OCH3 is 1. The first-order chi connectivity index (χ1) is 11.0. The average Bonchev–Trinajstić information content (AvgIpc) is 2.55. The molecule has 0 radical (unpaired) electrons. The molecule has 0 aliphatic carbocycles. The third-order valence-electron chi connectivity index (χ3n) is 3.12. The van der Waals surface area contributed by atoms with E-state index < -0.39 is 18.0 Å². The van der Waals surface area contributed by atoms with Crippen molar-refractivity contribution in [2.24, 2.45) is 0 Å². The number of amides is 1. The summed E-state index contributed by atoms with van der Waals surface area (Å²) >= 11 is 0. The van der Waals surface area contributed by atoms with Crippen molar-refractivity contribution >= 4 is 17.6 Å². The second-order valence-electron chi connectivity index (χ2n) is 4.78. The molecule has 2 rings (SSSR count). The molecule has 120 valence electrons. The molecule has 2 aromatic rings. The van der Waals surface area contributed by atoms with Gasteiger partial charge in [0.05, 0.1) is 18.4 Å². The van der Waals surface area contributed by atoms with Gasteiger partial charge in [-0.05, 0) is 43.3 Å². The van der Waals surface area contributed by atoms with Crippen molar-refractivity contribution in [3.05, 3.63) is 54.1 Å². The summed E-state index contributed by atoms with van der Waals surface area (Å²) in [6.45, 7) is 1.48. The Morgan fingerprint density at radius 2 is 1.74 bits per heavy atom. The fourth-order valence-corrected chi connectivity index (χ4v) is 1.86. The summed E-state index contributed by atoms with van der Waals surface area (Å²) in [7, 11) is 1.50. The van der Waals surface area contributed by atoms with Crippen LogP contribution in [0.3, 0.4) is 0 Å². The first-order valence-corrected chi connectivity index (χ1v) is 6.95. The molecule has 0 heterocycles. The van der Waals surface area contributed by atoms with Gasteiger partial charge in [-0.2, -0.15) is 0 Å². The molecule has 0 fully saturated rings. The molecule has 0 aliphatic rings. The number of esters is 1. The first kappa shape index (κ1) is 16.4. The van der Waals surface area contributed by atoms with E-state index in [1.165, 1.54) is 38.3 Å². The normalized spacial score (nSPS) is 11.4. The Kier molecular flexibility index (Phi) is 5.19. The van der Waals surface area contributed by atoms with Crippen LogP contribution in [0, 0.1) is 0 Å². The fraction of sp³-hybridized carbons (Fsp3) is 0.176. The maximum absolute atomic E-state index is 12.1. The third kappa shape index (κ3) is 4.23. The van der Waals surface area contributed by atoms with E-state index in [-0.39, 0.29) is 11.3 Å². The predicted molar refractivity (Wildman–Crippen MR) is 84.6 cm³/mol. The largest absolute Gasteiger partial charge is 0.508 e. The molecule has 1 atom stereocenters. The summed E-state index contributed by atoms with van der Waals surface area (Å²) in [4.78, 5) is 24.1. The zero-order valence-electron chi connectivity index (χ0n) is 12.8. The summed E-state index contributed by atoms with van der Waals surface area (Å²) < 4.78 is 10.3. The lowest BCUT2D eigenvalue weighted by Gasteiger charge is -2.15. The molecule has 0 aromatic heterocycles. The average molecular weight is 315 g/mol. The van der Waals surface area contributed by atoms with E-state index in [9.17, 15) is 14.7 Å². The van der Waals surface area contributed by atoms with Crippen LogP contribution in [-0.2, 0) is 9.53 Å². The number of carbonyl (C=O) groups excluding carboxylic acids is 2. The topological polar surface area (TPSA) is 84.9 Å². The molecule has 0 spiro atoms. The van der Waals surface area contributed by atoms with Crippen molar-refractivity contribution < 1.29 is 24.2 Å². The van der Waals surface area contributed by atoms with Crippen LogP contribution in [0.5, 0.6) is 11.5 Å². The lowest BCUT2D eigenvalue weighted by Crippen LogP contribution is -2.30. The van der Waals surface area contributed by atoms with E-state index in [1.807, 2.05) is 0 Å². The van der Waals surface area contributed by atoms with Gasteiger partial charge in [-0.3, -0.25) is 4.79 Å². The number of benzene rings is 2. The van der Waals surface area contributed by atoms with Gasteiger partial charge < -0.3 is 19.9 Å². The van der Waals surface area contributed by atoms with E-state index >= 15 is 0 Å². The molecule has 0 saturated carbocycles. The highest BCUT2D eigenvalue weighted by molar-refractivity contribution is 5.98. The second kappa shape index (κ2) is 7.31. The molecule has 0 saturated heterocycles. The Hall–Kier alpha value is -3.02. The second-order valence-corrected chi connectivity index (χ2v) is 4.78. The zero-order chi connectivity index (χ0) is 16.8. The van der Waals surface area contributed by atoms with Crippen molar-refractivity contribution in [3.63, 3.8) is 0 Å². The number of hydrogen-bond acceptors (Lipinski definition) is 5. The molecule has 1 amide bonds. The highest BCUT2D eigenvalue weighted by atomic mass is 16.5. The fourth-order valence-electron chi connectivity index (χ4n) is 1.86. The Morgan fingerprint density at radius 3 is 2.39 bits per heavy atom. The molecular weight excluding hydrogens is 298 g/mol. The van der Waals surface area contributed by atoms with Gasteiger partial charge >= 0.3 is 5.97 Å². The lowest BCUT2D eigenvalue weighted by atomic mass is 10.2. The molecule has 0 unspecified atom stereocenters. The Bertz CT molecular complexity index is 696. The summed E-state index contributed by atoms with van der Waals surface area (Å²) in [5.74, 6) is -0.560. The molecule has 0 aliphatic heterocycles. The maximum Gasteiger partial charge on any atom is 0.338 e. The van der Waals surface area contributed by atoms with Gasteiger partial charge in [-0.15, -0.1) is 0 Å². The van der Waals surface area contributed by atoms with Crippen molar-refractivity contribution in [2.45, 2.75) is 13.0 Å². The predicted octanol–water partition coefficient (Wildman–Crippen LogP) is 2.58. The van der Waals surface area contributed by atoms with Gasteiger partial charge in [0.2, 0.25) is 0 Å². The van der Waals surface area contributed by atoms with Crippen LogP contribution < -0.4 is 10.1 Å². The van der Waals surface area contributed by atoms with Crippen LogP contribution in [0.2, 0.25) is 0 Å². The van der Waals surface area contributed by atoms with Crippen molar-refractivity contribution in [2.75, 3.05) is 12.4 Å². The lowest BCUT2D eigenvalue weighted by molar-refractivity contribution is -0.123. The molecule has 6 nitrogen and oxygen atoms in total. The van der Waals surface area contributed by atoms with Crippen molar-refractivity contribution in [1.82, 2.24) is 0 Å². The first-order valence-electron chi connectivity index (χ1n) is 6.95. The minimum atomic E-state index is -0.985. The summed E-state index contributed by atoms with van der Waals surface area (Å²) in [5, 5.41) is 11.8.